The van der Waals surface area contributed by atoms with Crippen LogP contribution in [0, 0.1) is 20.9 Å². The summed E-state index contributed by atoms with van der Waals surface area (Å²) in [6.45, 7) is 10.0. The van der Waals surface area contributed by atoms with E-state index in [1.54, 1.807) is 6.07 Å². The molecule has 0 aliphatic heterocycles. The van der Waals surface area contributed by atoms with Crippen molar-refractivity contribution in [1.29, 1.82) is 0 Å². The summed E-state index contributed by atoms with van der Waals surface area (Å²) >= 11 is 1.20. The minimum atomic E-state index is -0.318. The number of nitrogens with zero attached hydrogens (tertiary/aromatic N) is 1. The normalized spacial score (nSPS) is 21.8. The molecule has 1 aliphatic carbocycles. The minimum Gasteiger partial charge on any atom is -0.310 e. The van der Waals surface area contributed by atoms with Crippen molar-refractivity contribution in [2.75, 3.05) is 0 Å². The molecular formula is C15H24N2O2S. The van der Waals surface area contributed by atoms with E-state index in [2.05, 4.69) is 33.0 Å². The third-order valence-corrected chi connectivity index (χ3v) is 4.90. The lowest BCUT2D eigenvalue weighted by Gasteiger charge is -2.45. The number of hydrogen-bond acceptors (Lipinski definition) is 4. The van der Waals surface area contributed by atoms with E-state index >= 15 is 0 Å². The Morgan fingerprint density at radius 1 is 1.35 bits per heavy atom. The fraction of sp³-hybridized carbons (Fsp3) is 0.733. The molecule has 0 radical (unpaired) electrons. The monoisotopic (exact) mass is 296 g/mol. The summed E-state index contributed by atoms with van der Waals surface area (Å²) in [5, 5.41) is 16.4. The Morgan fingerprint density at radius 2 is 1.95 bits per heavy atom. The van der Waals surface area contributed by atoms with Gasteiger partial charge in [-0.25, -0.2) is 0 Å². The molecule has 20 heavy (non-hydrogen) atoms. The fourth-order valence-corrected chi connectivity index (χ4v) is 4.53. The van der Waals surface area contributed by atoms with Gasteiger partial charge in [0.1, 0.15) is 0 Å². The van der Waals surface area contributed by atoms with Crippen LogP contribution in [0.15, 0.2) is 11.4 Å². The van der Waals surface area contributed by atoms with Crippen LogP contribution < -0.4 is 5.32 Å². The molecule has 1 aliphatic rings. The van der Waals surface area contributed by atoms with Crippen LogP contribution in [-0.2, 0) is 6.54 Å². The molecule has 0 unspecified atom stereocenters. The first-order valence-electron chi connectivity index (χ1n) is 7.12. The Bertz CT molecular complexity index is 478. The van der Waals surface area contributed by atoms with Gasteiger partial charge in [-0.05, 0) is 35.7 Å². The summed E-state index contributed by atoms with van der Waals surface area (Å²) in [6.07, 6.45) is 3.59. The summed E-state index contributed by atoms with van der Waals surface area (Å²) in [5.74, 6) is 0. The second kappa shape index (κ2) is 5.45. The molecule has 1 fully saturated rings. The van der Waals surface area contributed by atoms with Crippen molar-refractivity contribution in [3.05, 3.63) is 27.1 Å². The van der Waals surface area contributed by atoms with Gasteiger partial charge in [0.05, 0.1) is 4.92 Å². The zero-order valence-electron chi connectivity index (χ0n) is 12.7. The first-order chi connectivity index (χ1) is 9.17. The van der Waals surface area contributed by atoms with Gasteiger partial charge in [0, 0.05) is 24.0 Å². The average molecular weight is 296 g/mol. The SMILES string of the molecule is CC1(C)CC(NCc2csc([N+](=O)[O-])c2)CC(C)(C)C1. The molecule has 5 heteroatoms. The largest absolute Gasteiger partial charge is 0.324 e. The molecule has 4 nitrogen and oxygen atoms in total. The highest BCUT2D eigenvalue weighted by atomic mass is 32.1. The molecule has 0 spiro atoms. The maximum atomic E-state index is 10.7. The van der Waals surface area contributed by atoms with Crippen LogP contribution >= 0.6 is 11.3 Å². The van der Waals surface area contributed by atoms with E-state index in [9.17, 15) is 10.1 Å². The van der Waals surface area contributed by atoms with Gasteiger partial charge in [0.2, 0.25) is 0 Å². The highest BCUT2D eigenvalue weighted by Gasteiger charge is 2.38. The minimum absolute atomic E-state index is 0.228. The van der Waals surface area contributed by atoms with Gasteiger partial charge >= 0.3 is 5.00 Å². The van der Waals surface area contributed by atoms with E-state index in [-0.39, 0.29) is 9.92 Å². The van der Waals surface area contributed by atoms with Crippen LogP contribution in [0.25, 0.3) is 0 Å². The van der Waals surface area contributed by atoms with Gasteiger partial charge in [-0.1, -0.05) is 39.0 Å². The quantitative estimate of drug-likeness (QED) is 0.664. The van der Waals surface area contributed by atoms with Crippen molar-refractivity contribution in [2.45, 2.75) is 59.5 Å². The maximum absolute atomic E-state index is 10.7. The van der Waals surface area contributed by atoms with Gasteiger partial charge in [-0.3, -0.25) is 10.1 Å². The van der Waals surface area contributed by atoms with Crippen LogP contribution in [0.3, 0.4) is 0 Å². The molecule has 1 N–H and O–H groups in total. The molecule has 0 aromatic carbocycles. The topological polar surface area (TPSA) is 55.2 Å². The zero-order chi connectivity index (χ0) is 15.0. The zero-order valence-corrected chi connectivity index (χ0v) is 13.5. The smallest absolute Gasteiger partial charge is 0.310 e. The molecule has 0 bridgehead atoms. The third-order valence-electron chi connectivity index (χ3n) is 3.97. The van der Waals surface area contributed by atoms with E-state index in [4.69, 9.17) is 0 Å². The van der Waals surface area contributed by atoms with E-state index in [0.717, 1.165) is 12.1 Å². The fourth-order valence-electron chi connectivity index (χ4n) is 3.80. The van der Waals surface area contributed by atoms with Gasteiger partial charge in [0.25, 0.3) is 0 Å². The molecule has 2 rings (SSSR count). The van der Waals surface area contributed by atoms with Crippen molar-refractivity contribution in [1.82, 2.24) is 5.32 Å². The van der Waals surface area contributed by atoms with Crippen molar-refractivity contribution >= 4 is 16.3 Å². The number of rotatable bonds is 4. The summed E-state index contributed by atoms with van der Waals surface area (Å²) in [5.41, 5.74) is 1.74. The number of nitrogens with one attached hydrogen (secondary N) is 1. The maximum Gasteiger partial charge on any atom is 0.324 e. The first kappa shape index (κ1) is 15.4. The Morgan fingerprint density at radius 3 is 2.45 bits per heavy atom. The van der Waals surface area contributed by atoms with E-state index in [1.165, 1.54) is 30.6 Å². The molecule has 112 valence electrons. The van der Waals surface area contributed by atoms with E-state index < -0.39 is 0 Å². The molecular weight excluding hydrogens is 272 g/mol. The van der Waals surface area contributed by atoms with Crippen LogP contribution in [0.2, 0.25) is 0 Å². The average Bonchev–Trinajstić information content (AvgIpc) is 2.70. The van der Waals surface area contributed by atoms with Crippen LogP contribution in [0.5, 0.6) is 0 Å². The summed E-state index contributed by atoms with van der Waals surface area (Å²) in [6, 6.07) is 2.17. The number of thiophene rings is 1. The third kappa shape index (κ3) is 4.03. The summed E-state index contributed by atoms with van der Waals surface area (Å²) in [7, 11) is 0. The highest BCUT2D eigenvalue weighted by molar-refractivity contribution is 7.13. The second-order valence-electron chi connectivity index (χ2n) is 7.54. The van der Waals surface area contributed by atoms with E-state index in [1.807, 2.05) is 5.38 Å². The van der Waals surface area contributed by atoms with Crippen LogP contribution in [0.4, 0.5) is 5.00 Å². The predicted molar refractivity (Wildman–Crippen MR) is 83.0 cm³/mol. The highest BCUT2D eigenvalue weighted by Crippen LogP contribution is 2.45. The van der Waals surface area contributed by atoms with Crippen molar-refractivity contribution in [2.24, 2.45) is 10.8 Å². The Kier molecular flexibility index (Phi) is 4.21. The Labute approximate surface area is 124 Å². The number of nitro groups is 1. The summed E-state index contributed by atoms with van der Waals surface area (Å²) < 4.78 is 0. The Hall–Kier alpha value is -0.940. The van der Waals surface area contributed by atoms with Gasteiger partial charge in [0.15, 0.2) is 0 Å². The lowest BCUT2D eigenvalue weighted by Crippen LogP contribution is -2.43. The molecule has 0 amide bonds. The van der Waals surface area contributed by atoms with Crippen molar-refractivity contribution in [3.8, 4) is 0 Å². The lowest BCUT2D eigenvalue weighted by molar-refractivity contribution is -0.380. The first-order valence-corrected chi connectivity index (χ1v) is 8.00. The van der Waals surface area contributed by atoms with Gasteiger partial charge < -0.3 is 5.32 Å². The van der Waals surface area contributed by atoms with Crippen molar-refractivity contribution in [3.63, 3.8) is 0 Å². The van der Waals surface area contributed by atoms with Gasteiger partial charge in [-0.2, -0.15) is 0 Å². The van der Waals surface area contributed by atoms with Crippen LogP contribution in [-0.4, -0.2) is 11.0 Å². The molecule has 1 aromatic heterocycles. The molecule has 1 aromatic rings. The molecule has 1 heterocycles. The standard InChI is InChI=1S/C15H24N2O2S/c1-14(2)6-12(7-15(3,4)10-14)16-8-11-5-13(17(18)19)20-9-11/h5,9,12,16H,6-8,10H2,1-4H3. The second-order valence-corrected chi connectivity index (χ2v) is 8.43. The van der Waals surface area contributed by atoms with Crippen LogP contribution in [0.1, 0.15) is 52.5 Å². The van der Waals surface area contributed by atoms with Crippen molar-refractivity contribution < 1.29 is 4.92 Å². The molecule has 0 atom stereocenters. The Balaban J connectivity index is 1.94. The predicted octanol–water partition coefficient (Wildman–Crippen LogP) is 4.35. The molecule has 0 saturated heterocycles. The van der Waals surface area contributed by atoms with E-state index in [0.29, 0.717) is 16.9 Å². The summed E-state index contributed by atoms with van der Waals surface area (Å²) in [4.78, 5) is 10.4. The van der Waals surface area contributed by atoms with Gasteiger partial charge in [-0.15, -0.1) is 0 Å². The number of hydrogen-bond donors (Lipinski definition) is 1. The lowest BCUT2D eigenvalue weighted by atomic mass is 9.63. The molecule has 1 saturated carbocycles.